The molecule has 10 aromatic rings. The second-order valence-electron chi connectivity index (χ2n) is 12.4. The Morgan fingerprint density at radius 2 is 1.23 bits per heavy atom. The van der Waals surface area contributed by atoms with Gasteiger partial charge in [0.05, 0.1) is 22.5 Å². The molecule has 0 saturated carbocycles. The first-order valence-corrected chi connectivity index (χ1v) is 17.3. The number of aromatic nitrogens is 3. The van der Waals surface area contributed by atoms with Crippen LogP contribution in [-0.2, 0) is 20.1 Å². The SMILES string of the molecule is [Ir].[c-]1ccccc1-c1ccccn1.[c-]1oc2c(ccc3ccccc32)c1-c1nc2ccccc2n1-c1c(-c2ccccc2)cccc1-c1ccccc1. The molecule has 0 aliphatic carbocycles. The van der Waals surface area contributed by atoms with Gasteiger partial charge in [0, 0.05) is 49.3 Å². The van der Waals surface area contributed by atoms with Crippen LogP contribution in [0.25, 0.3) is 83.4 Å². The standard InChI is InChI=1S/C37H23N2O.C11H8N.Ir/c1-3-12-25(13-4-1)28-18-11-19-29(26-14-5-2-6-15-26)35(28)39-34-21-10-9-20-33(34)38-37(39)32-24-40-36-30-17-8-7-16-27(30)22-23-31(32)36;1-2-6-10(7-3-1)11-8-4-5-9-12-11;/h1-23H;1-6,8-9H;/q2*-1;. The van der Waals surface area contributed by atoms with Crippen molar-refractivity contribution in [3.63, 3.8) is 0 Å². The predicted molar refractivity (Wildman–Crippen MR) is 212 cm³/mol. The zero-order valence-corrected chi connectivity index (χ0v) is 30.9. The quantitative estimate of drug-likeness (QED) is 0.162. The van der Waals surface area contributed by atoms with Crippen LogP contribution in [0.2, 0.25) is 0 Å². The number of hydrogen-bond donors (Lipinski definition) is 0. The number of hydrogen-bond acceptors (Lipinski definition) is 3. The molecule has 10 rings (SSSR count). The van der Waals surface area contributed by atoms with Gasteiger partial charge in [0.2, 0.25) is 0 Å². The molecule has 0 unspecified atom stereocenters. The van der Waals surface area contributed by atoms with Crippen molar-refractivity contribution in [2.75, 3.05) is 0 Å². The largest absolute Gasteiger partial charge is 0.557 e. The second kappa shape index (κ2) is 15.1. The van der Waals surface area contributed by atoms with Crippen LogP contribution in [0, 0.1) is 12.3 Å². The number of para-hydroxylation sites is 3. The average molecular weight is 858 g/mol. The molecule has 0 spiro atoms. The first-order valence-electron chi connectivity index (χ1n) is 17.3. The molecule has 0 atom stereocenters. The van der Waals surface area contributed by atoms with Crippen molar-refractivity contribution >= 4 is 32.8 Å². The number of benzene rings is 7. The summed E-state index contributed by atoms with van der Waals surface area (Å²) in [5, 5.41) is 3.20. The zero-order valence-electron chi connectivity index (χ0n) is 28.5. The Kier molecular flexibility index (Phi) is 9.59. The van der Waals surface area contributed by atoms with E-state index < -0.39 is 0 Å². The fraction of sp³-hybridized carbons (Fsp3) is 0. The summed E-state index contributed by atoms with van der Waals surface area (Å²) in [5.74, 6) is 0.802. The van der Waals surface area contributed by atoms with E-state index in [1.807, 2.05) is 60.7 Å². The molecule has 0 fully saturated rings. The van der Waals surface area contributed by atoms with Crippen molar-refractivity contribution in [1.29, 1.82) is 0 Å². The van der Waals surface area contributed by atoms with Crippen LogP contribution in [-0.4, -0.2) is 14.5 Å². The summed E-state index contributed by atoms with van der Waals surface area (Å²) < 4.78 is 8.44. The van der Waals surface area contributed by atoms with E-state index in [0.717, 1.165) is 83.4 Å². The van der Waals surface area contributed by atoms with E-state index >= 15 is 0 Å². The predicted octanol–water partition coefficient (Wildman–Crippen LogP) is 12.3. The van der Waals surface area contributed by atoms with Gasteiger partial charge in [-0.1, -0.05) is 144 Å². The van der Waals surface area contributed by atoms with E-state index in [1.54, 1.807) is 6.20 Å². The van der Waals surface area contributed by atoms with Crippen molar-refractivity contribution in [2.24, 2.45) is 0 Å². The maximum atomic E-state index is 6.16. The van der Waals surface area contributed by atoms with E-state index in [-0.39, 0.29) is 20.1 Å². The number of imidazole rings is 1. The van der Waals surface area contributed by atoms with Crippen molar-refractivity contribution in [2.45, 2.75) is 0 Å². The van der Waals surface area contributed by atoms with E-state index in [1.165, 1.54) is 0 Å². The molecular formula is C48H31IrN3O-2. The number of pyridine rings is 1. The monoisotopic (exact) mass is 858 g/mol. The molecule has 0 amide bonds. The molecule has 0 saturated heterocycles. The molecule has 1 radical (unpaired) electrons. The van der Waals surface area contributed by atoms with Crippen LogP contribution >= 0.6 is 0 Å². The molecule has 4 nitrogen and oxygen atoms in total. The molecule has 53 heavy (non-hydrogen) atoms. The van der Waals surface area contributed by atoms with E-state index in [0.29, 0.717) is 0 Å². The summed E-state index contributed by atoms with van der Waals surface area (Å²) in [7, 11) is 0. The Balaban J connectivity index is 0.000000262. The van der Waals surface area contributed by atoms with Crippen molar-refractivity contribution in [1.82, 2.24) is 14.5 Å². The van der Waals surface area contributed by atoms with Gasteiger partial charge in [-0.25, -0.2) is 0 Å². The summed E-state index contributed by atoms with van der Waals surface area (Å²) in [5.41, 5.74) is 11.3. The zero-order chi connectivity index (χ0) is 34.7. The average Bonchev–Trinajstić information content (AvgIpc) is 3.84. The summed E-state index contributed by atoms with van der Waals surface area (Å²) >= 11 is 0. The number of furan rings is 1. The Morgan fingerprint density at radius 1 is 0.547 bits per heavy atom. The summed E-state index contributed by atoms with van der Waals surface area (Å²) in [6, 6.07) is 65.3. The van der Waals surface area contributed by atoms with Gasteiger partial charge in [0.15, 0.2) is 0 Å². The molecule has 5 heteroatoms. The van der Waals surface area contributed by atoms with Gasteiger partial charge >= 0.3 is 0 Å². The minimum absolute atomic E-state index is 0. The van der Waals surface area contributed by atoms with E-state index in [4.69, 9.17) is 9.40 Å². The van der Waals surface area contributed by atoms with Crippen LogP contribution in [0.4, 0.5) is 0 Å². The Morgan fingerprint density at radius 3 is 1.94 bits per heavy atom. The maximum absolute atomic E-state index is 6.16. The number of rotatable bonds is 5. The van der Waals surface area contributed by atoms with Gasteiger partial charge < -0.3 is 14.0 Å². The van der Waals surface area contributed by atoms with Gasteiger partial charge in [0.1, 0.15) is 0 Å². The minimum Gasteiger partial charge on any atom is -0.557 e. The third-order valence-corrected chi connectivity index (χ3v) is 9.27. The van der Waals surface area contributed by atoms with Gasteiger partial charge in [-0.3, -0.25) is 4.98 Å². The van der Waals surface area contributed by atoms with Gasteiger partial charge in [0.25, 0.3) is 0 Å². The van der Waals surface area contributed by atoms with E-state index in [9.17, 15) is 0 Å². The Hall–Kier alpha value is -6.39. The molecule has 0 N–H and O–H groups in total. The van der Waals surface area contributed by atoms with Crippen molar-refractivity contribution in [3.05, 3.63) is 201 Å². The smallest absolute Gasteiger partial charge is 0.0774 e. The van der Waals surface area contributed by atoms with Gasteiger partial charge in [-0.15, -0.1) is 42.0 Å². The Labute approximate surface area is 321 Å². The summed E-state index contributed by atoms with van der Waals surface area (Å²) in [4.78, 5) is 9.42. The Bertz CT molecular complexity index is 2680. The molecule has 0 aliphatic rings. The van der Waals surface area contributed by atoms with Gasteiger partial charge in [-0.05, 0) is 45.8 Å². The molecule has 0 aliphatic heterocycles. The second-order valence-corrected chi connectivity index (χ2v) is 12.4. The topological polar surface area (TPSA) is 43.9 Å². The molecule has 255 valence electrons. The number of fused-ring (bicyclic) bond motifs is 4. The third kappa shape index (κ3) is 6.49. The fourth-order valence-electron chi connectivity index (χ4n) is 6.85. The van der Waals surface area contributed by atoms with Crippen molar-refractivity contribution in [3.8, 4) is 50.6 Å². The van der Waals surface area contributed by atoms with Crippen LogP contribution in [0.3, 0.4) is 0 Å². The molecule has 3 heterocycles. The summed E-state index contributed by atoms with van der Waals surface area (Å²) in [6.45, 7) is 0. The molecule has 7 aromatic carbocycles. The van der Waals surface area contributed by atoms with Crippen LogP contribution in [0.5, 0.6) is 0 Å². The van der Waals surface area contributed by atoms with E-state index in [2.05, 4.69) is 143 Å². The number of nitrogens with zero attached hydrogens (tertiary/aromatic N) is 3. The fourth-order valence-corrected chi connectivity index (χ4v) is 6.85. The normalized spacial score (nSPS) is 10.9. The van der Waals surface area contributed by atoms with Crippen molar-refractivity contribution < 1.29 is 24.5 Å². The van der Waals surface area contributed by atoms with Crippen LogP contribution in [0.1, 0.15) is 0 Å². The molecule has 0 bridgehead atoms. The third-order valence-electron chi connectivity index (χ3n) is 9.27. The maximum Gasteiger partial charge on any atom is 0.0774 e. The molecular weight excluding hydrogens is 827 g/mol. The van der Waals surface area contributed by atoms with Crippen LogP contribution < -0.4 is 0 Å². The van der Waals surface area contributed by atoms with Gasteiger partial charge in [-0.2, -0.15) is 0 Å². The van der Waals surface area contributed by atoms with Crippen LogP contribution in [0.15, 0.2) is 193 Å². The molecule has 3 aromatic heterocycles. The first kappa shape index (κ1) is 33.7. The minimum atomic E-state index is 0. The summed E-state index contributed by atoms with van der Waals surface area (Å²) in [6.07, 6.45) is 5.04. The first-order chi connectivity index (χ1) is 25.8.